The van der Waals surface area contributed by atoms with E-state index in [1.54, 1.807) is 13.5 Å². The summed E-state index contributed by atoms with van der Waals surface area (Å²) in [4.78, 5) is 9.66. The summed E-state index contributed by atoms with van der Waals surface area (Å²) in [5.74, 6) is 0. The SMILES string of the molecule is CCO[CH-]C(C)OCOC=O.[Y]. The van der Waals surface area contributed by atoms with Gasteiger partial charge >= 0.3 is 0 Å². The van der Waals surface area contributed by atoms with E-state index in [1.165, 1.54) is 0 Å². The molecule has 1 atom stereocenters. The maximum absolute atomic E-state index is 9.66. The van der Waals surface area contributed by atoms with Gasteiger partial charge in [0.2, 0.25) is 0 Å². The van der Waals surface area contributed by atoms with Crippen LogP contribution in [0, 0.1) is 6.61 Å². The topological polar surface area (TPSA) is 44.8 Å². The van der Waals surface area contributed by atoms with E-state index in [9.17, 15) is 4.79 Å². The molecule has 0 aliphatic carbocycles. The molecule has 5 heteroatoms. The third-order valence-corrected chi connectivity index (χ3v) is 0.922. The van der Waals surface area contributed by atoms with Crippen LogP contribution in [0.25, 0.3) is 0 Å². The first-order valence-electron chi connectivity index (χ1n) is 3.43. The van der Waals surface area contributed by atoms with Gasteiger partial charge in [0.15, 0.2) is 6.79 Å². The Hall–Kier alpha value is 0.494. The zero-order valence-corrected chi connectivity index (χ0v) is 10.2. The van der Waals surface area contributed by atoms with E-state index in [4.69, 9.17) is 9.47 Å². The van der Waals surface area contributed by atoms with Crippen LogP contribution in [0.5, 0.6) is 0 Å². The van der Waals surface area contributed by atoms with Gasteiger partial charge in [-0.15, -0.1) is 0 Å². The van der Waals surface area contributed by atoms with E-state index in [-0.39, 0.29) is 45.6 Å². The molecule has 0 aromatic rings. The van der Waals surface area contributed by atoms with Crippen molar-refractivity contribution in [1.82, 2.24) is 0 Å². The first kappa shape index (κ1) is 15.0. The number of rotatable bonds is 7. The van der Waals surface area contributed by atoms with Crippen LogP contribution in [0.3, 0.4) is 0 Å². The Morgan fingerprint density at radius 3 is 2.75 bits per heavy atom. The van der Waals surface area contributed by atoms with E-state index in [0.29, 0.717) is 13.1 Å². The number of ether oxygens (including phenoxy) is 3. The third-order valence-electron chi connectivity index (χ3n) is 0.922. The molecule has 0 spiro atoms. The smallest absolute Gasteiger partial charge is 0.295 e. The predicted molar refractivity (Wildman–Crippen MR) is 38.5 cm³/mol. The number of hydrogen-bond donors (Lipinski definition) is 0. The fraction of sp³-hybridized carbons (Fsp3) is 0.714. The maximum atomic E-state index is 9.66. The fourth-order valence-corrected chi connectivity index (χ4v) is 0.445. The molecule has 0 fully saturated rings. The second-order valence-corrected chi connectivity index (χ2v) is 1.84. The Bertz CT molecular complexity index is 99.4. The Kier molecular flexibility index (Phi) is 14.4. The fourth-order valence-electron chi connectivity index (χ4n) is 0.445. The van der Waals surface area contributed by atoms with Crippen molar-refractivity contribution in [2.75, 3.05) is 13.4 Å². The molecule has 0 bridgehead atoms. The summed E-state index contributed by atoms with van der Waals surface area (Å²) in [6, 6.07) is 0. The Morgan fingerprint density at radius 1 is 1.58 bits per heavy atom. The molecule has 0 amide bonds. The molecule has 0 N–H and O–H groups in total. The van der Waals surface area contributed by atoms with Crippen molar-refractivity contribution in [3.05, 3.63) is 6.61 Å². The van der Waals surface area contributed by atoms with E-state index in [2.05, 4.69) is 4.74 Å². The minimum Gasteiger partial charge on any atom is -0.550 e. The Morgan fingerprint density at radius 2 is 2.25 bits per heavy atom. The molecular weight excluding hydrogens is 237 g/mol. The number of carbonyl (C=O) groups is 1. The van der Waals surface area contributed by atoms with Gasteiger partial charge in [-0.2, -0.15) is 6.61 Å². The Labute approximate surface area is 97.8 Å². The molecule has 12 heavy (non-hydrogen) atoms. The van der Waals surface area contributed by atoms with Crippen LogP contribution in [0.4, 0.5) is 0 Å². The molecule has 69 valence electrons. The van der Waals surface area contributed by atoms with E-state index < -0.39 is 0 Å². The van der Waals surface area contributed by atoms with Crippen molar-refractivity contribution in [3.63, 3.8) is 0 Å². The Balaban J connectivity index is 0. The largest absolute Gasteiger partial charge is 0.550 e. The van der Waals surface area contributed by atoms with Gasteiger partial charge in [-0.05, 0) is 13.0 Å². The second-order valence-electron chi connectivity index (χ2n) is 1.84. The molecule has 0 rings (SSSR count). The second kappa shape index (κ2) is 11.5. The van der Waals surface area contributed by atoms with Gasteiger partial charge in [-0.1, -0.05) is 6.92 Å². The van der Waals surface area contributed by atoms with Gasteiger partial charge in [-0.3, -0.25) is 4.79 Å². The zero-order chi connectivity index (χ0) is 8.53. The molecule has 0 aliphatic heterocycles. The van der Waals surface area contributed by atoms with Crippen LogP contribution >= 0.6 is 0 Å². The number of hydrogen-bond acceptors (Lipinski definition) is 4. The summed E-state index contributed by atoms with van der Waals surface area (Å²) in [7, 11) is 0. The predicted octanol–water partition coefficient (Wildman–Crippen LogP) is 0.718. The first-order valence-corrected chi connectivity index (χ1v) is 3.43. The van der Waals surface area contributed by atoms with E-state index in [1.807, 2.05) is 6.92 Å². The molecule has 1 unspecified atom stereocenters. The summed E-state index contributed by atoms with van der Waals surface area (Å²) in [6.45, 7) is 6.15. The number of carbonyl (C=O) groups excluding carboxylic acids is 1. The van der Waals surface area contributed by atoms with Gasteiger partial charge in [0.1, 0.15) is 0 Å². The molecule has 1 radical (unpaired) electrons. The van der Waals surface area contributed by atoms with Crippen molar-refractivity contribution in [1.29, 1.82) is 0 Å². The zero-order valence-electron chi connectivity index (χ0n) is 7.36. The van der Waals surface area contributed by atoms with Crippen LogP contribution in [0.15, 0.2) is 0 Å². The molecule has 0 aromatic carbocycles. The average Bonchev–Trinajstić information content (AvgIpc) is 2.01. The van der Waals surface area contributed by atoms with Gasteiger partial charge in [-0.25, -0.2) is 0 Å². The minimum absolute atomic E-state index is 0. The monoisotopic (exact) mass is 250 g/mol. The third kappa shape index (κ3) is 10.5. The van der Waals surface area contributed by atoms with Crippen molar-refractivity contribution >= 4 is 6.47 Å². The average molecular weight is 250 g/mol. The molecule has 0 saturated carbocycles. The van der Waals surface area contributed by atoms with Crippen molar-refractivity contribution in [2.45, 2.75) is 20.0 Å². The van der Waals surface area contributed by atoms with Crippen molar-refractivity contribution in [3.8, 4) is 0 Å². The van der Waals surface area contributed by atoms with Crippen molar-refractivity contribution in [2.24, 2.45) is 0 Å². The summed E-state index contributed by atoms with van der Waals surface area (Å²) in [5.41, 5.74) is 0. The van der Waals surface area contributed by atoms with Gasteiger partial charge in [0.05, 0.1) is 0 Å². The van der Waals surface area contributed by atoms with Crippen LogP contribution in [-0.4, -0.2) is 26.0 Å². The van der Waals surface area contributed by atoms with Crippen LogP contribution in [-0.2, 0) is 51.7 Å². The first-order chi connectivity index (χ1) is 5.31. The normalized spacial score (nSPS) is 11.5. The van der Waals surface area contributed by atoms with Crippen LogP contribution < -0.4 is 0 Å². The van der Waals surface area contributed by atoms with Crippen molar-refractivity contribution < 1.29 is 51.7 Å². The molecule has 0 saturated heterocycles. The van der Waals surface area contributed by atoms with Crippen LogP contribution in [0.2, 0.25) is 0 Å². The van der Waals surface area contributed by atoms with Gasteiger partial charge in [0, 0.05) is 39.3 Å². The summed E-state index contributed by atoms with van der Waals surface area (Å²) in [6.07, 6.45) is -0.158. The quantitative estimate of drug-likeness (QED) is 0.289. The minimum atomic E-state index is -0.158. The van der Waals surface area contributed by atoms with E-state index >= 15 is 0 Å². The van der Waals surface area contributed by atoms with Crippen LogP contribution in [0.1, 0.15) is 13.8 Å². The molecule has 0 heterocycles. The molecular formula is C7H13O4Y-. The molecule has 4 nitrogen and oxygen atoms in total. The van der Waals surface area contributed by atoms with E-state index in [0.717, 1.165) is 0 Å². The standard InChI is InChI=1S/C7H13O4.Y/c1-3-9-4-7(2)11-6-10-5-8;/h4-5,7H,3,6H2,1-2H3;/q-1;. The summed E-state index contributed by atoms with van der Waals surface area (Å²) in [5, 5.41) is 0. The van der Waals surface area contributed by atoms with Gasteiger partial charge < -0.3 is 14.2 Å². The maximum Gasteiger partial charge on any atom is 0.295 e. The summed E-state index contributed by atoms with van der Waals surface area (Å²) < 4.78 is 14.2. The molecule has 0 aliphatic rings. The van der Waals surface area contributed by atoms with Gasteiger partial charge in [0.25, 0.3) is 6.47 Å². The summed E-state index contributed by atoms with van der Waals surface area (Å²) >= 11 is 0. The molecule has 0 aromatic heterocycles.